The van der Waals surface area contributed by atoms with Crippen molar-refractivity contribution in [3.63, 3.8) is 0 Å². The zero-order valence-corrected chi connectivity index (χ0v) is 9.03. The van der Waals surface area contributed by atoms with E-state index in [2.05, 4.69) is 0 Å². The lowest BCUT2D eigenvalue weighted by molar-refractivity contribution is -0.144. The maximum Gasteiger partial charge on any atom is 0.320 e. The smallest absolute Gasteiger partial charge is 0.320 e. The molecule has 2 atom stereocenters. The van der Waals surface area contributed by atoms with Crippen LogP contribution in [0.1, 0.15) is 35.2 Å². The number of carbonyl (C=O) groups excluding carboxylic acids is 2. The van der Waals surface area contributed by atoms with E-state index in [1.165, 1.54) is 0 Å². The second-order valence-electron chi connectivity index (χ2n) is 4.50. The number of hydrogen-bond donors (Lipinski definition) is 0. The van der Waals surface area contributed by atoms with Crippen LogP contribution in [-0.4, -0.2) is 18.4 Å². The highest BCUT2D eigenvalue weighted by Gasteiger charge is 2.59. The first-order valence-corrected chi connectivity index (χ1v) is 5.49. The van der Waals surface area contributed by atoms with Gasteiger partial charge in [-0.15, -0.1) is 0 Å². The van der Waals surface area contributed by atoms with Gasteiger partial charge >= 0.3 is 5.97 Å². The first kappa shape index (κ1) is 9.58. The number of carbonyl (C=O) groups is 2. The Balaban J connectivity index is 2.21. The monoisotopic (exact) mass is 216 g/mol. The summed E-state index contributed by atoms with van der Waals surface area (Å²) in [6.45, 7) is 2.30. The molecule has 3 nitrogen and oxygen atoms in total. The quantitative estimate of drug-likeness (QED) is 0.491. The van der Waals surface area contributed by atoms with Gasteiger partial charge in [0.05, 0.1) is 6.61 Å². The van der Waals surface area contributed by atoms with E-state index in [1.54, 1.807) is 6.07 Å². The molecule has 0 aromatic heterocycles. The Labute approximate surface area is 93.4 Å². The standard InChI is InChI=1S/C13H12O3/c1-8-9-4-2-3-5-10(9)11(14)13(8)6-7-16-12(13)15/h2-5,8H,6-7H2,1H3/t8-,13+/m0/s1. The molecule has 16 heavy (non-hydrogen) atoms. The molecule has 1 aliphatic carbocycles. The van der Waals surface area contributed by atoms with Crippen LogP contribution >= 0.6 is 0 Å². The summed E-state index contributed by atoms with van der Waals surface area (Å²) in [5.74, 6) is -0.467. The van der Waals surface area contributed by atoms with E-state index in [1.807, 2.05) is 25.1 Å². The molecule has 3 heteroatoms. The molecule has 1 aromatic rings. The van der Waals surface area contributed by atoms with Crippen LogP contribution in [0.2, 0.25) is 0 Å². The third-order valence-corrected chi connectivity index (χ3v) is 3.91. The Hall–Kier alpha value is -1.64. The van der Waals surface area contributed by atoms with E-state index < -0.39 is 5.41 Å². The first-order valence-electron chi connectivity index (χ1n) is 5.49. The fraction of sp³-hybridized carbons (Fsp3) is 0.385. The normalized spacial score (nSPS) is 31.9. The van der Waals surface area contributed by atoms with Gasteiger partial charge in [-0.05, 0) is 5.56 Å². The molecule has 1 saturated heterocycles. The van der Waals surface area contributed by atoms with Gasteiger partial charge in [-0.1, -0.05) is 31.2 Å². The van der Waals surface area contributed by atoms with Crippen molar-refractivity contribution in [2.45, 2.75) is 19.3 Å². The van der Waals surface area contributed by atoms with Gasteiger partial charge in [0, 0.05) is 17.9 Å². The molecule has 0 saturated carbocycles. The predicted octanol–water partition coefficient (Wildman–Crippen LogP) is 1.92. The fourth-order valence-corrected chi connectivity index (χ4v) is 2.92. The van der Waals surface area contributed by atoms with Crippen LogP contribution in [0, 0.1) is 5.41 Å². The number of rotatable bonds is 0. The number of ether oxygens (including phenoxy) is 1. The molecular formula is C13H12O3. The Morgan fingerprint density at radius 2 is 2.06 bits per heavy atom. The van der Waals surface area contributed by atoms with Crippen LogP contribution in [0.15, 0.2) is 24.3 Å². The van der Waals surface area contributed by atoms with Crippen LogP contribution in [0.5, 0.6) is 0 Å². The van der Waals surface area contributed by atoms with Gasteiger partial charge in [0.1, 0.15) is 5.41 Å². The van der Waals surface area contributed by atoms with Crippen molar-refractivity contribution in [2.24, 2.45) is 5.41 Å². The summed E-state index contributed by atoms with van der Waals surface area (Å²) >= 11 is 0. The zero-order chi connectivity index (χ0) is 11.3. The molecule has 1 aromatic carbocycles. The number of hydrogen-bond acceptors (Lipinski definition) is 3. The summed E-state index contributed by atoms with van der Waals surface area (Å²) < 4.78 is 5.00. The number of cyclic esters (lactones) is 1. The maximum atomic E-state index is 12.3. The number of fused-ring (bicyclic) bond motifs is 1. The van der Waals surface area contributed by atoms with Crippen LogP contribution in [0.25, 0.3) is 0 Å². The van der Waals surface area contributed by atoms with E-state index in [0.717, 1.165) is 5.56 Å². The number of esters is 1. The molecule has 1 spiro atoms. The average Bonchev–Trinajstić information content (AvgIpc) is 2.78. The molecule has 1 heterocycles. The highest BCUT2D eigenvalue weighted by Crippen LogP contribution is 2.52. The molecule has 0 amide bonds. The molecule has 82 valence electrons. The van der Waals surface area contributed by atoms with Gasteiger partial charge in [-0.25, -0.2) is 0 Å². The predicted molar refractivity (Wildman–Crippen MR) is 57.2 cm³/mol. The van der Waals surface area contributed by atoms with Gasteiger partial charge in [0.15, 0.2) is 5.78 Å². The van der Waals surface area contributed by atoms with E-state index in [9.17, 15) is 9.59 Å². The highest BCUT2D eigenvalue weighted by molar-refractivity contribution is 6.17. The largest absolute Gasteiger partial charge is 0.465 e. The van der Waals surface area contributed by atoms with Crippen LogP contribution in [-0.2, 0) is 9.53 Å². The summed E-state index contributed by atoms with van der Waals surface area (Å²) in [6, 6.07) is 7.47. The molecular weight excluding hydrogens is 204 g/mol. The third-order valence-electron chi connectivity index (χ3n) is 3.91. The van der Waals surface area contributed by atoms with Crippen LogP contribution < -0.4 is 0 Å². The minimum atomic E-state index is -0.927. The SMILES string of the molecule is C[C@H]1c2ccccc2C(=O)[C@@]12CCOC2=O. The topological polar surface area (TPSA) is 43.4 Å². The minimum Gasteiger partial charge on any atom is -0.465 e. The number of Topliss-reactive ketones (excluding diaryl/α,β-unsaturated/α-hetero) is 1. The highest BCUT2D eigenvalue weighted by atomic mass is 16.5. The maximum absolute atomic E-state index is 12.3. The summed E-state index contributed by atoms with van der Waals surface area (Å²) in [4.78, 5) is 24.2. The second kappa shape index (κ2) is 2.94. The lowest BCUT2D eigenvalue weighted by Gasteiger charge is -2.21. The van der Waals surface area contributed by atoms with Gasteiger partial charge in [0.2, 0.25) is 0 Å². The van der Waals surface area contributed by atoms with E-state index >= 15 is 0 Å². The zero-order valence-electron chi connectivity index (χ0n) is 9.03. The third kappa shape index (κ3) is 0.889. The van der Waals surface area contributed by atoms with Crippen molar-refractivity contribution >= 4 is 11.8 Å². The lowest BCUT2D eigenvalue weighted by atomic mass is 9.75. The van der Waals surface area contributed by atoms with Crippen molar-refractivity contribution in [3.05, 3.63) is 35.4 Å². The Kier molecular flexibility index (Phi) is 1.76. The molecule has 0 N–H and O–H groups in total. The Morgan fingerprint density at radius 3 is 2.69 bits per heavy atom. The van der Waals surface area contributed by atoms with E-state index in [0.29, 0.717) is 18.6 Å². The summed E-state index contributed by atoms with van der Waals surface area (Å²) in [5.41, 5.74) is 0.740. The molecule has 1 aliphatic heterocycles. The second-order valence-corrected chi connectivity index (χ2v) is 4.50. The van der Waals surface area contributed by atoms with Gasteiger partial charge in [-0.2, -0.15) is 0 Å². The van der Waals surface area contributed by atoms with Crippen molar-refractivity contribution in [2.75, 3.05) is 6.61 Å². The van der Waals surface area contributed by atoms with Gasteiger partial charge in [-0.3, -0.25) is 9.59 Å². The van der Waals surface area contributed by atoms with Crippen molar-refractivity contribution in [1.82, 2.24) is 0 Å². The molecule has 2 aliphatic rings. The van der Waals surface area contributed by atoms with Crippen LogP contribution in [0.4, 0.5) is 0 Å². The van der Waals surface area contributed by atoms with E-state index in [-0.39, 0.29) is 17.7 Å². The van der Waals surface area contributed by atoms with Gasteiger partial charge < -0.3 is 4.74 Å². The summed E-state index contributed by atoms with van der Waals surface area (Å²) in [6.07, 6.45) is 0.514. The van der Waals surface area contributed by atoms with Crippen molar-refractivity contribution < 1.29 is 14.3 Å². The summed E-state index contributed by atoms with van der Waals surface area (Å²) in [7, 11) is 0. The van der Waals surface area contributed by atoms with Gasteiger partial charge in [0.25, 0.3) is 0 Å². The Morgan fingerprint density at radius 1 is 1.31 bits per heavy atom. The first-order chi connectivity index (χ1) is 7.68. The Bertz CT molecular complexity index is 492. The fourth-order valence-electron chi connectivity index (χ4n) is 2.92. The minimum absolute atomic E-state index is 0.0573. The molecule has 1 fully saturated rings. The lowest BCUT2D eigenvalue weighted by Crippen LogP contribution is -2.35. The van der Waals surface area contributed by atoms with Crippen LogP contribution in [0.3, 0.4) is 0 Å². The number of benzene rings is 1. The molecule has 0 radical (unpaired) electrons. The summed E-state index contributed by atoms with van der Waals surface area (Å²) in [5, 5.41) is 0. The van der Waals surface area contributed by atoms with E-state index in [4.69, 9.17) is 4.74 Å². The molecule has 0 unspecified atom stereocenters. The number of ketones is 1. The van der Waals surface area contributed by atoms with Crippen molar-refractivity contribution in [3.8, 4) is 0 Å². The molecule has 0 bridgehead atoms. The molecule has 3 rings (SSSR count). The van der Waals surface area contributed by atoms with Crippen molar-refractivity contribution in [1.29, 1.82) is 0 Å². The average molecular weight is 216 g/mol.